The quantitative estimate of drug-likeness (QED) is 0.879. The monoisotopic (exact) mass is 238 g/mol. The van der Waals surface area contributed by atoms with Crippen molar-refractivity contribution in [1.29, 1.82) is 0 Å². The number of aryl methyl sites for hydroxylation is 3. The van der Waals surface area contributed by atoms with Gasteiger partial charge < -0.3 is 9.84 Å². The van der Waals surface area contributed by atoms with E-state index in [9.17, 15) is 0 Å². The predicted octanol–water partition coefficient (Wildman–Crippen LogP) is 1.74. The minimum Gasteiger partial charge on any atom is -0.340 e. The average Bonchev–Trinajstić information content (AvgIpc) is 2.74. The summed E-state index contributed by atoms with van der Waals surface area (Å²) in [5.74, 6) is 1.29. The smallest absolute Gasteiger partial charge is 0.223 e. The molecule has 0 aromatic carbocycles. The summed E-state index contributed by atoms with van der Waals surface area (Å²) >= 11 is 1.72. The molecular formula is C10H14N4OS. The van der Waals surface area contributed by atoms with Gasteiger partial charge in [0, 0.05) is 18.3 Å². The summed E-state index contributed by atoms with van der Waals surface area (Å²) < 4.78 is 4.88. The maximum absolute atomic E-state index is 4.88. The Bertz CT molecular complexity index is 477. The van der Waals surface area contributed by atoms with Gasteiger partial charge in [0.2, 0.25) is 5.89 Å². The van der Waals surface area contributed by atoms with Gasteiger partial charge in [-0.15, -0.1) is 11.3 Å². The molecule has 0 amide bonds. The Morgan fingerprint density at radius 1 is 1.19 bits per heavy atom. The lowest BCUT2D eigenvalue weighted by Crippen LogP contribution is -2.13. The summed E-state index contributed by atoms with van der Waals surface area (Å²) in [5.41, 5.74) is 1.10. The van der Waals surface area contributed by atoms with Crippen molar-refractivity contribution in [2.45, 2.75) is 33.9 Å². The van der Waals surface area contributed by atoms with Crippen LogP contribution in [0.5, 0.6) is 0 Å². The molecule has 2 aromatic heterocycles. The van der Waals surface area contributed by atoms with Gasteiger partial charge in [-0.1, -0.05) is 5.16 Å². The van der Waals surface area contributed by atoms with Crippen LogP contribution in [0.15, 0.2) is 4.52 Å². The fraction of sp³-hybridized carbons (Fsp3) is 0.500. The topological polar surface area (TPSA) is 63.8 Å². The highest BCUT2D eigenvalue weighted by molar-refractivity contribution is 7.11. The van der Waals surface area contributed by atoms with Crippen LogP contribution < -0.4 is 5.32 Å². The molecule has 0 saturated carbocycles. The number of hydrogen-bond donors (Lipinski definition) is 1. The van der Waals surface area contributed by atoms with Gasteiger partial charge in [-0.25, -0.2) is 4.98 Å². The molecule has 5 nitrogen and oxygen atoms in total. The largest absolute Gasteiger partial charge is 0.340 e. The molecule has 0 spiro atoms. The number of aromatic nitrogens is 3. The molecule has 16 heavy (non-hydrogen) atoms. The van der Waals surface area contributed by atoms with E-state index in [0.717, 1.165) is 17.2 Å². The summed E-state index contributed by atoms with van der Waals surface area (Å²) in [6.45, 7) is 7.24. The van der Waals surface area contributed by atoms with Crippen molar-refractivity contribution in [2.75, 3.05) is 0 Å². The molecule has 86 valence electrons. The summed E-state index contributed by atoms with van der Waals surface area (Å²) in [6, 6.07) is 0. The van der Waals surface area contributed by atoms with Gasteiger partial charge >= 0.3 is 0 Å². The molecule has 2 aromatic rings. The normalized spacial score (nSPS) is 10.9. The number of thiazole rings is 1. The van der Waals surface area contributed by atoms with Crippen molar-refractivity contribution < 1.29 is 4.52 Å². The van der Waals surface area contributed by atoms with Gasteiger partial charge in [0.15, 0.2) is 5.82 Å². The van der Waals surface area contributed by atoms with Crippen LogP contribution in [0, 0.1) is 20.8 Å². The maximum Gasteiger partial charge on any atom is 0.223 e. The first kappa shape index (κ1) is 11.2. The van der Waals surface area contributed by atoms with Crippen molar-refractivity contribution in [1.82, 2.24) is 20.4 Å². The third-order valence-electron chi connectivity index (χ3n) is 2.14. The first-order chi connectivity index (χ1) is 7.65. The molecule has 0 aliphatic heterocycles. The molecule has 0 fully saturated rings. The lowest BCUT2D eigenvalue weighted by molar-refractivity contribution is 0.385. The Kier molecular flexibility index (Phi) is 3.31. The zero-order chi connectivity index (χ0) is 11.5. The van der Waals surface area contributed by atoms with Crippen LogP contribution in [-0.2, 0) is 13.1 Å². The minimum atomic E-state index is 0.599. The molecule has 0 unspecified atom stereocenters. The van der Waals surface area contributed by atoms with Crippen LogP contribution in [0.1, 0.15) is 27.3 Å². The summed E-state index contributed by atoms with van der Waals surface area (Å²) in [7, 11) is 0. The summed E-state index contributed by atoms with van der Waals surface area (Å²) in [4.78, 5) is 9.75. The molecule has 6 heteroatoms. The molecule has 0 aliphatic rings. The van der Waals surface area contributed by atoms with Crippen LogP contribution in [-0.4, -0.2) is 15.1 Å². The van der Waals surface area contributed by atoms with E-state index in [1.807, 2.05) is 13.8 Å². The third-order valence-corrected chi connectivity index (χ3v) is 3.21. The number of nitrogens with one attached hydrogen (secondary N) is 1. The Morgan fingerprint density at radius 3 is 2.56 bits per heavy atom. The molecule has 0 bridgehead atoms. The van der Waals surface area contributed by atoms with E-state index in [-0.39, 0.29) is 0 Å². The van der Waals surface area contributed by atoms with Crippen molar-refractivity contribution in [3.05, 3.63) is 27.3 Å². The van der Waals surface area contributed by atoms with Gasteiger partial charge in [-0.2, -0.15) is 4.98 Å². The molecule has 0 saturated heterocycles. The Balaban J connectivity index is 1.86. The lowest BCUT2D eigenvalue weighted by Gasteiger charge is -1.99. The Morgan fingerprint density at radius 2 is 2.00 bits per heavy atom. The number of hydrogen-bond acceptors (Lipinski definition) is 6. The Labute approximate surface area is 97.9 Å². The second-order valence-electron chi connectivity index (χ2n) is 3.57. The van der Waals surface area contributed by atoms with Crippen LogP contribution in [0.3, 0.4) is 0 Å². The molecule has 1 N–H and O–H groups in total. The Hall–Kier alpha value is -1.27. The predicted molar refractivity (Wildman–Crippen MR) is 61.2 cm³/mol. The van der Waals surface area contributed by atoms with Crippen LogP contribution in [0.2, 0.25) is 0 Å². The maximum atomic E-state index is 4.88. The van der Waals surface area contributed by atoms with E-state index in [4.69, 9.17) is 4.52 Å². The van der Waals surface area contributed by atoms with Crippen molar-refractivity contribution >= 4 is 11.3 Å². The zero-order valence-electron chi connectivity index (χ0n) is 9.57. The third kappa shape index (κ3) is 2.65. The highest BCUT2D eigenvalue weighted by atomic mass is 32.1. The average molecular weight is 238 g/mol. The highest BCUT2D eigenvalue weighted by Gasteiger charge is 2.05. The fourth-order valence-corrected chi connectivity index (χ4v) is 2.35. The van der Waals surface area contributed by atoms with Crippen LogP contribution in [0.25, 0.3) is 0 Å². The zero-order valence-corrected chi connectivity index (χ0v) is 10.4. The minimum absolute atomic E-state index is 0.599. The summed E-state index contributed by atoms with van der Waals surface area (Å²) in [5, 5.41) is 8.19. The molecular weight excluding hydrogens is 224 g/mol. The second kappa shape index (κ2) is 4.71. The van der Waals surface area contributed by atoms with Gasteiger partial charge in [-0.3, -0.25) is 0 Å². The van der Waals surface area contributed by atoms with Crippen molar-refractivity contribution in [3.8, 4) is 0 Å². The second-order valence-corrected chi connectivity index (χ2v) is 4.86. The van der Waals surface area contributed by atoms with E-state index >= 15 is 0 Å². The van der Waals surface area contributed by atoms with E-state index in [1.54, 1.807) is 18.3 Å². The van der Waals surface area contributed by atoms with Gasteiger partial charge in [0.05, 0.1) is 17.2 Å². The van der Waals surface area contributed by atoms with Gasteiger partial charge in [0.1, 0.15) is 0 Å². The molecule has 2 rings (SSSR count). The van der Waals surface area contributed by atoms with Crippen molar-refractivity contribution in [2.24, 2.45) is 0 Å². The first-order valence-corrected chi connectivity index (χ1v) is 5.89. The molecule has 0 atom stereocenters. The number of nitrogens with zero attached hydrogens (tertiary/aromatic N) is 3. The van der Waals surface area contributed by atoms with E-state index in [2.05, 4.69) is 20.4 Å². The standard InChI is InChI=1S/C10H14N4OS/c1-6-9(16-8(3)12-6)4-11-5-10-13-7(2)15-14-10/h11H,4-5H2,1-3H3. The highest BCUT2D eigenvalue weighted by Crippen LogP contribution is 2.16. The first-order valence-electron chi connectivity index (χ1n) is 5.08. The molecule has 2 heterocycles. The van der Waals surface area contributed by atoms with Gasteiger partial charge in [-0.05, 0) is 13.8 Å². The van der Waals surface area contributed by atoms with E-state index < -0.39 is 0 Å². The van der Waals surface area contributed by atoms with Crippen molar-refractivity contribution in [3.63, 3.8) is 0 Å². The van der Waals surface area contributed by atoms with E-state index in [1.165, 1.54) is 4.88 Å². The fourth-order valence-electron chi connectivity index (χ4n) is 1.44. The SMILES string of the molecule is Cc1nc(CNCc2sc(C)nc2C)no1. The molecule has 0 radical (unpaired) electrons. The van der Waals surface area contributed by atoms with Crippen LogP contribution in [0.4, 0.5) is 0 Å². The van der Waals surface area contributed by atoms with Crippen LogP contribution >= 0.6 is 11.3 Å². The molecule has 0 aliphatic carbocycles. The lowest BCUT2D eigenvalue weighted by atomic mass is 10.4. The van der Waals surface area contributed by atoms with E-state index in [0.29, 0.717) is 18.3 Å². The summed E-state index contributed by atoms with van der Waals surface area (Å²) in [6.07, 6.45) is 0. The van der Waals surface area contributed by atoms with Gasteiger partial charge in [0.25, 0.3) is 0 Å². The number of rotatable bonds is 4.